The molecule has 2 N–H and O–H groups in total. The third-order valence-corrected chi connectivity index (χ3v) is 2.57. The van der Waals surface area contributed by atoms with Crippen LogP contribution in [0.1, 0.15) is 0 Å². The number of hydrogen-bond acceptors (Lipinski definition) is 2. The average molecular weight is 317 g/mol. The predicted octanol–water partition coefficient (Wildman–Crippen LogP) is 3.40. The second kappa shape index (κ2) is 4.23. The fourth-order valence-electron chi connectivity index (χ4n) is 0.730. The van der Waals surface area contributed by atoms with Gasteiger partial charge >= 0.3 is 6.61 Å². The first-order valence-electron chi connectivity index (χ1n) is 3.20. The Morgan fingerprint density at radius 3 is 2.38 bits per heavy atom. The van der Waals surface area contributed by atoms with Crippen molar-refractivity contribution in [2.45, 2.75) is 6.61 Å². The molecule has 1 aromatic rings. The molecule has 0 aliphatic rings. The van der Waals surface area contributed by atoms with Gasteiger partial charge in [0.15, 0.2) is 0 Å². The Kier molecular flexibility index (Phi) is 3.49. The van der Waals surface area contributed by atoms with Crippen molar-refractivity contribution in [2.75, 3.05) is 5.73 Å². The van der Waals surface area contributed by atoms with Crippen LogP contribution in [0.15, 0.2) is 21.1 Å². The smallest absolute Gasteiger partial charge is 0.387 e. The van der Waals surface area contributed by atoms with Crippen LogP contribution in [0.5, 0.6) is 5.75 Å². The minimum atomic E-state index is -2.84. The summed E-state index contributed by atoms with van der Waals surface area (Å²) in [5, 5.41) is 0. The predicted molar refractivity (Wildman–Crippen MR) is 52.9 cm³/mol. The van der Waals surface area contributed by atoms with Crippen LogP contribution in [0.3, 0.4) is 0 Å². The van der Waals surface area contributed by atoms with Crippen LogP contribution in [-0.4, -0.2) is 6.61 Å². The first kappa shape index (κ1) is 10.7. The highest BCUT2D eigenvalue weighted by Crippen LogP contribution is 2.33. The molecule has 0 saturated carbocycles. The Morgan fingerprint density at radius 2 is 1.85 bits per heavy atom. The van der Waals surface area contributed by atoms with Gasteiger partial charge in [-0.1, -0.05) is 0 Å². The topological polar surface area (TPSA) is 35.2 Å². The Labute approximate surface area is 90.3 Å². The van der Waals surface area contributed by atoms with E-state index in [2.05, 4.69) is 36.6 Å². The van der Waals surface area contributed by atoms with Crippen molar-refractivity contribution >= 4 is 37.5 Å². The second-order valence-corrected chi connectivity index (χ2v) is 3.89. The number of halogens is 4. The highest BCUT2D eigenvalue weighted by molar-refractivity contribution is 9.11. The quantitative estimate of drug-likeness (QED) is 0.849. The molecule has 0 saturated heterocycles. The van der Waals surface area contributed by atoms with Crippen molar-refractivity contribution in [3.63, 3.8) is 0 Å². The molecule has 1 aromatic carbocycles. The second-order valence-electron chi connectivity index (χ2n) is 2.18. The molecule has 0 aliphatic heterocycles. The molecule has 0 unspecified atom stereocenters. The Bertz CT molecular complexity index is 320. The lowest BCUT2D eigenvalue weighted by atomic mass is 10.3. The zero-order chi connectivity index (χ0) is 10.0. The number of benzene rings is 1. The molecule has 0 aromatic heterocycles. The first-order valence-corrected chi connectivity index (χ1v) is 4.78. The normalized spacial score (nSPS) is 10.5. The number of ether oxygens (including phenoxy) is 1. The number of alkyl halides is 2. The lowest BCUT2D eigenvalue weighted by Crippen LogP contribution is -2.03. The number of nitrogen functional groups attached to an aromatic ring is 1. The van der Waals surface area contributed by atoms with Crippen LogP contribution in [0, 0.1) is 0 Å². The summed E-state index contributed by atoms with van der Waals surface area (Å²) in [7, 11) is 0. The van der Waals surface area contributed by atoms with Crippen molar-refractivity contribution in [1.82, 2.24) is 0 Å². The standard InChI is InChI=1S/C7H5Br2F2NO/c8-3-2-6(13-7(10)11)4(9)1-5(3)12/h1-2,7H,12H2. The molecule has 0 amide bonds. The van der Waals surface area contributed by atoms with Crippen molar-refractivity contribution in [2.24, 2.45) is 0 Å². The summed E-state index contributed by atoms with van der Waals surface area (Å²) in [5.41, 5.74) is 5.95. The summed E-state index contributed by atoms with van der Waals surface area (Å²) < 4.78 is 28.8. The Balaban J connectivity index is 3.01. The summed E-state index contributed by atoms with van der Waals surface area (Å²) in [6.45, 7) is -2.84. The Morgan fingerprint density at radius 1 is 1.23 bits per heavy atom. The molecule has 6 heteroatoms. The zero-order valence-corrected chi connectivity index (χ0v) is 9.40. The molecule has 0 bridgehead atoms. The van der Waals surface area contributed by atoms with Crippen molar-refractivity contribution < 1.29 is 13.5 Å². The molecular formula is C7H5Br2F2NO. The molecule has 0 radical (unpaired) electrons. The van der Waals surface area contributed by atoms with Crippen molar-refractivity contribution in [3.05, 3.63) is 21.1 Å². The van der Waals surface area contributed by atoms with Crippen LogP contribution >= 0.6 is 31.9 Å². The fraction of sp³-hybridized carbons (Fsp3) is 0.143. The van der Waals surface area contributed by atoms with E-state index in [0.29, 0.717) is 14.6 Å². The van der Waals surface area contributed by atoms with Gasteiger partial charge in [-0.3, -0.25) is 0 Å². The first-order chi connectivity index (χ1) is 6.00. The van der Waals surface area contributed by atoms with Crippen molar-refractivity contribution in [1.29, 1.82) is 0 Å². The van der Waals surface area contributed by atoms with Gasteiger partial charge < -0.3 is 10.5 Å². The van der Waals surface area contributed by atoms with Crippen LogP contribution in [0.4, 0.5) is 14.5 Å². The summed E-state index contributed by atoms with van der Waals surface area (Å²) in [6, 6.07) is 2.87. The molecule has 1 rings (SSSR count). The molecule has 13 heavy (non-hydrogen) atoms. The monoisotopic (exact) mass is 315 g/mol. The average Bonchev–Trinajstić information content (AvgIpc) is 1.99. The van der Waals surface area contributed by atoms with E-state index < -0.39 is 6.61 Å². The van der Waals surface area contributed by atoms with E-state index in [-0.39, 0.29) is 5.75 Å². The summed E-state index contributed by atoms with van der Waals surface area (Å²) in [5.74, 6) is 0.0519. The molecule has 0 heterocycles. The van der Waals surface area contributed by atoms with Gasteiger partial charge in [-0.05, 0) is 44.0 Å². The number of nitrogens with two attached hydrogens (primary N) is 1. The maximum Gasteiger partial charge on any atom is 0.387 e. The van der Waals surface area contributed by atoms with Crippen LogP contribution in [-0.2, 0) is 0 Å². The van der Waals surface area contributed by atoms with E-state index in [1.54, 1.807) is 0 Å². The van der Waals surface area contributed by atoms with E-state index in [1.807, 2.05) is 0 Å². The SMILES string of the molecule is Nc1cc(Br)c(OC(F)F)cc1Br. The maximum atomic E-state index is 11.8. The summed E-state index contributed by atoms with van der Waals surface area (Å²) >= 11 is 6.15. The highest BCUT2D eigenvalue weighted by Gasteiger charge is 2.10. The van der Waals surface area contributed by atoms with Crippen LogP contribution in [0.25, 0.3) is 0 Å². The summed E-state index contributed by atoms with van der Waals surface area (Å²) in [6.07, 6.45) is 0. The molecule has 0 fully saturated rings. The number of hydrogen-bond donors (Lipinski definition) is 1. The lowest BCUT2D eigenvalue weighted by Gasteiger charge is -2.08. The van der Waals surface area contributed by atoms with Gasteiger partial charge in [-0.25, -0.2) is 0 Å². The van der Waals surface area contributed by atoms with Gasteiger partial charge in [0.25, 0.3) is 0 Å². The molecule has 0 spiro atoms. The van der Waals surface area contributed by atoms with Gasteiger partial charge in [0, 0.05) is 10.2 Å². The van der Waals surface area contributed by atoms with Gasteiger partial charge in [-0.15, -0.1) is 0 Å². The molecule has 0 aliphatic carbocycles. The van der Waals surface area contributed by atoms with Gasteiger partial charge in [0.1, 0.15) is 5.75 Å². The van der Waals surface area contributed by atoms with Gasteiger partial charge in [0.05, 0.1) is 4.47 Å². The van der Waals surface area contributed by atoms with E-state index >= 15 is 0 Å². The number of anilines is 1. The van der Waals surface area contributed by atoms with Gasteiger partial charge in [0.2, 0.25) is 0 Å². The van der Waals surface area contributed by atoms with E-state index in [4.69, 9.17) is 5.73 Å². The van der Waals surface area contributed by atoms with E-state index in [1.165, 1.54) is 12.1 Å². The minimum absolute atomic E-state index is 0.0519. The third-order valence-electron chi connectivity index (χ3n) is 1.27. The third kappa shape index (κ3) is 2.80. The van der Waals surface area contributed by atoms with Crippen LogP contribution < -0.4 is 10.5 Å². The fourth-order valence-corrected chi connectivity index (χ4v) is 1.51. The minimum Gasteiger partial charge on any atom is -0.434 e. The van der Waals surface area contributed by atoms with Gasteiger partial charge in [-0.2, -0.15) is 8.78 Å². The highest BCUT2D eigenvalue weighted by atomic mass is 79.9. The number of rotatable bonds is 2. The van der Waals surface area contributed by atoms with Crippen LogP contribution in [0.2, 0.25) is 0 Å². The maximum absolute atomic E-state index is 11.8. The van der Waals surface area contributed by atoms with E-state index in [9.17, 15) is 8.78 Å². The molecule has 2 nitrogen and oxygen atoms in total. The van der Waals surface area contributed by atoms with Crippen molar-refractivity contribution in [3.8, 4) is 5.75 Å². The zero-order valence-electron chi connectivity index (χ0n) is 6.23. The molecular weight excluding hydrogens is 312 g/mol. The lowest BCUT2D eigenvalue weighted by molar-refractivity contribution is -0.0503. The molecule has 72 valence electrons. The summed E-state index contributed by atoms with van der Waals surface area (Å²) in [4.78, 5) is 0. The van der Waals surface area contributed by atoms with E-state index in [0.717, 1.165) is 0 Å². The Hall–Kier alpha value is -0.360. The molecule has 0 atom stereocenters. The largest absolute Gasteiger partial charge is 0.434 e.